The lowest BCUT2D eigenvalue weighted by Gasteiger charge is -2.42. The Morgan fingerprint density at radius 2 is 1.96 bits per heavy atom. The summed E-state index contributed by atoms with van der Waals surface area (Å²) in [6.07, 6.45) is -4.97. The number of hydrogen-bond acceptors (Lipinski definition) is 5. The van der Waals surface area contributed by atoms with Crippen LogP contribution in [0.2, 0.25) is 0 Å². The number of halogens is 3. The molecule has 1 aromatic carbocycles. The molecule has 1 fully saturated rings. The predicted octanol–water partition coefficient (Wildman–Crippen LogP) is 0.978. The Morgan fingerprint density at radius 3 is 2.52 bits per heavy atom. The van der Waals surface area contributed by atoms with E-state index in [4.69, 9.17) is 4.74 Å². The van der Waals surface area contributed by atoms with Crippen LogP contribution in [0.1, 0.15) is 5.56 Å². The summed E-state index contributed by atoms with van der Waals surface area (Å²) in [6, 6.07) is 8.28. The van der Waals surface area contributed by atoms with Crippen LogP contribution in [-0.4, -0.2) is 53.4 Å². The van der Waals surface area contributed by atoms with E-state index in [1.165, 1.54) is 0 Å². The average molecular weight is 332 g/mol. The number of ether oxygens (including phenoxy) is 1. The number of carbonyl (C=O) groups excluding carboxylic acids is 1. The molecule has 0 radical (unpaired) electrons. The van der Waals surface area contributed by atoms with Crippen LogP contribution in [0.5, 0.6) is 0 Å². The molecule has 6 nitrogen and oxygen atoms in total. The van der Waals surface area contributed by atoms with Gasteiger partial charge in [-0.2, -0.15) is 18.1 Å². The van der Waals surface area contributed by atoms with E-state index in [0.29, 0.717) is 5.56 Å². The molecule has 9 heteroatoms. The van der Waals surface area contributed by atoms with E-state index in [9.17, 15) is 27.9 Å². The topological polar surface area (TPSA) is 78.9 Å². The summed E-state index contributed by atoms with van der Waals surface area (Å²) in [5.74, 6) is -3.35. The molecule has 0 bridgehead atoms. The Kier molecular flexibility index (Phi) is 4.90. The number of rotatable bonds is 4. The van der Waals surface area contributed by atoms with E-state index in [-0.39, 0.29) is 18.1 Å². The summed E-state index contributed by atoms with van der Waals surface area (Å²) in [5.41, 5.74) is -2.28. The van der Waals surface area contributed by atoms with E-state index >= 15 is 0 Å². The van der Waals surface area contributed by atoms with Gasteiger partial charge in [0.1, 0.15) is 6.61 Å². The van der Waals surface area contributed by atoms with Crippen molar-refractivity contribution in [1.82, 2.24) is 10.2 Å². The first-order chi connectivity index (χ1) is 10.8. The summed E-state index contributed by atoms with van der Waals surface area (Å²) in [6.45, 7) is -1.73. The normalized spacial score (nSPS) is 22.6. The van der Waals surface area contributed by atoms with E-state index in [1.54, 1.807) is 30.3 Å². The van der Waals surface area contributed by atoms with E-state index < -0.39 is 36.9 Å². The van der Waals surface area contributed by atoms with Crippen LogP contribution in [0, 0.1) is 0 Å². The molecule has 1 aliphatic rings. The number of nitrogens with zero attached hydrogens (tertiary/aromatic N) is 1. The zero-order valence-electron chi connectivity index (χ0n) is 12.0. The zero-order chi connectivity index (χ0) is 17.1. The van der Waals surface area contributed by atoms with Crippen LogP contribution in [0.25, 0.3) is 0 Å². The van der Waals surface area contributed by atoms with Gasteiger partial charge in [0.25, 0.3) is 0 Å². The number of esters is 1. The summed E-state index contributed by atoms with van der Waals surface area (Å²) in [4.78, 5) is 23.4. The van der Waals surface area contributed by atoms with Crippen molar-refractivity contribution in [1.29, 1.82) is 0 Å². The van der Waals surface area contributed by atoms with Crippen LogP contribution < -0.4 is 5.32 Å². The monoisotopic (exact) mass is 332 g/mol. The van der Waals surface area contributed by atoms with Crippen molar-refractivity contribution >= 4 is 11.9 Å². The lowest BCUT2D eigenvalue weighted by molar-refractivity contribution is -0.280. The fraction of sp³-hybridized carbons (Fsp3) is 0.429. The number of piperazine rings is 1. The molecule has 1 aliphatic heterocycles. The molecule has 2 rings (SSSR count). The molecule has 1 aromatic rings. The first kappa shape index (κ1) is 17.2. The van der Waals surface area contributed by atoms with Crippen LogP contribution in [-0.2, 0) is 20.9 Å². The van der Waals surface area contributed by atoms with Gasteiger partial charge in [-0.1, -0.05) is 30.3 Å². The maximum Gasteiger partial charge on any atom is 0.461 e. The van der Waals surface area contributed by atoms with E-state index in [0.717, 1.165) is 0 Å². The molecule has 23 heavy (non-hydrogen) atoms. The molecule has 2 N–H and O–H groups in total. The molecule has 0 aromatic heterocycles. The molecular formula is C14H15F3N2O4. The highest BCUT2D eigenvalue weighted by Gasteiger charge is 2.62. The van der Waals surface area contributed by atoms with Crippen LogP contribution >= 0.6 is 0 Å². The fourth-order valence-electron chi connectivity index (χ4n) is 2.39. The molecule has 1 unspecified atom stereocenters. The van der Waals surface area contributed by atoms with Gasteiger partial charge in [0.15, 0.2) is 0 Å². The van der Waals surface area contributed by atoms with Gasteiger partial charge in [-0.15, -0.1) is 0 Å². The molecule has 1 saturated heterocycles. The second-order valence-electron chi connectivity index (χ2n) is 5.02. The van der Waals surface area contributed by atoms with E-state index in [2.05, 4.69) is 5.32 Å². The highest BCUT2D eigenvalue weighted by atomic mass is 19.4. The van der Waals surface area contributed by atoms with Crippen molar-refractivity contribution in [3.8, 4) is 0 Å². The molecule has 0 aliphatic carbocycles. The summed E-state index contributed by atoms with van der Waals surface area (Å²) >= 11 is 0. The Bertz CT molecular complexity index is 579. The van der Waals surface area contributed by atoms with Crippen molar-refractivity contribution in [2.24, 2.45) is 0 Å². The largest absolute Gasteiger partial charge is 0.479 e. The predicted molar refractivity (Wildman–Crippen MR) is 72.2 cm³/mol. The highest BCUT2D eigenvalue weighted by Crippen LogP contribution is 2.32. The van der Waals surface area contributed by atoms with Crippen LogP contribution in [0.3, 0.4) is 0 Å². The number of carboxylic acids is 1. The minimum Gasteiger partial charge on any atom is -0.479 e. The number of carboxylic acid groups (broad SMARTS) is 1. The zero-order valence-corrected chi connectivity index (χ0v) is 12.0. The Hall–Kier alpha value is -2.13. The number of carbonyl (C=O) groups is 2. The van der Waals surface area contributed by atoms with Gasteiger partial charge < -0.3 is 15.2 Å². The Balaban J connectivity index is 2.24. The van der Waals surface area contributed by atoms with Gasteiger partial charge in [0, 0.05) is 19.6 Å². The fourth-order valence-corrected chi connectivity index (χ4v) is 2.39. The van der Waals surface area contributed by atoms with Crippen molar-refractivity contribution < 1.29 is 32.6 Å². The van der Waals surface area contributed by atoms with E-state index in [1.807, 2.05) is 0 Å². The van der Waals surface area contributed by atoms with Gasteiger partial charge >= 0.3 is 18.2 Å². The van der Waals surface area contributed by atoms with Crippen molar-refractivity contribution in [3.05, 3.63) is 35.9 Å². The third kappa shape index (κ3) is 3.45. The molecule has 126 valence electrons. The quantitative estimate of drug-likeness (QED) is 0.486. The second-order valence-corrected chi connectivity index (χ2v) is 5.02. The third-order valence-electron chi connectivity index (χ3n) is 3.56. The molecule has 0 amide bonds. The summed E-state index contributed by atoms with van der Waals surface area (Å²) in [7, 11) is 0. The Morgan fingerprint density at radius 1 is 1.30 bits per heavy atom. The SMILES string of the molecule is O=C(O)C1(C(=O)OCc2ccccc2)CNCCN1C(F)(F)F. The summed E-state index contributed by atoms with van der Waals surface area (Å²) in [5, 5.41) is 11.8. The maximum atomic E-state index is 13.1. The van der Waals surface area contributed by atoms with Gasteiger partial charge in [-0.25, -0.2) is 9.59 Å². The van der Waals surface area contributed by atoms with Gasteiger partial charge in [0.05, 0.1) is 0 Å². The van der Waals surface area contributed by atoms with Gasteiger partial charge in [-0.05, 0) is 5.56 Å². The van der Waals surface area contributed by atoms with Gasteiger partial charge in [-0.3, -0.25) is 0 Å². The van der Waals surface area contributed by atoms with Crippen molar-refractivity contribution in [2.45, 2.75) is 18.4 Å². The standard InChI is InChI=1S/C14H15F3N2O4/c15-14(16,17)19-7-6-18-9-13(19,11(20)21)12(22)23-8-10-4-2-1-3-5-10/h1-5,18H,6-9H2,(H,20,21). The molecule has 0 spiro atoms. The molecular weight excluding hydrogens is 317 g/mol. The molecule has 1 heterocycles. The number of benzene rings is 1. The van der Waals surface area contributed by atoms with Crippen LogP contribution in [0.4, 0.5) is 13.2 Å². The molecule has 1 atom stereocenters. The third-order valence-corrected chi connectivity index (χ3v) is 3.56. The number of alkyl halides is 3. The first-order valence-corrected chi connectivity index (χ1v) is 6.78. The van der Waals surface area contributed by atoms with Crippen molar-refractivity contribution in [2.75, 3.05) is 19.6 Å². The maximum absolute atomic E-state index is 13.1. The average Bonchev–Trinajstić information content (AvgIpc) is 2.52. The smallest absolute Gasteiger partial charge is 0.461 e. The lowest BCUT2D eigenvalue weighted by atomic mass is 9.95. The number of aliphatic carboxylic acids is 1. The van der Waals surface area contributed by atoms with Gasteiger partial charge in [0.2, 0.25) is 5.54 Å². The minimum atomic E-state index is -4.97. The minimum absolute atomic E-state index is 0.0828. The van der Waals surface area contributed by atoms with Crippen molar-refractivity contribution in [3.63, 3.8) is 0 Å². The second kappa shape index (κ2) is 6.55. The lowest BCUT2D eigenvalue weighted by Crippen LogP contribution is -2.73. The van der Waals surface area contributed by atoms with Crippen LogP contribution in [0.15, 0.2) is 30.3 Å². The first-order valence-electron chi connectivity index (χ1n) is 6.78. The summed E-state index contributed by atoms with van der Waals surface area (Å²) < 4.78 is 44.3. The number of hydrogen-bond donors (Lipinski definition) is 2. The number of nitrogens with one attached hydrogen (secondary N) is 1. The Labute approximate surface area is 129 Å². The highest BCUT2D eigenvalue weighted by molar-refractivity contribution is 6.04. The molecule has 0 saturated carbocycles.